The molecule has 0 aliphatic heterocycles. The van der Waals surface area contributed by atoms with Crippen molar-refractivity contribution < 1.29 is 4.92 Å². The third kappa shape index (κ3) is 6.01. The molecule has 0 spiro atoms. The van der Waals surface area contributed by atoms with Gasteiger partial charge in [0.2, 0.25) is 0 Å². The first kappa shape index (κ1) is 22.3. The Morgan fingerprint density at radius 3 is 2.66 bits per heavy atom. The molecule has 0 fully saturated rings. The van der Waals surface area contributed by atoms with Crippen molar-refractivity contribution in [3.05, 3.63) is 88.2 Å². The molecule has 29 heavy (non-hydrogen) atoms. The summed E-state index contributed by atoms with van der Waals surface area (Å²) in [7, 11) is 3.64. The van der Waals surface area contributed by atoms with Crippen molar-refractivity contribution >= 4 is 35.6 Å². The van der Waals surface area contributed by atoms with Gasteiger partial charge in [-0.25, -0.2) is 4.68 Å². The van der Waals surface area contributed by atoms with Gasteiger partial charge < -0.3 is 10.2 Å². The lowest BCUT2D eigenvalue weighted by Gasteiger charge is -2.21. The Hall–Kier alpha value is -2.95. The molecule has 0 radical (unpaired) electrons. The van der Waals surface area contributed by atoms with Gasteiger partial charge in [-0.3, -0.25) is 15.1 Å². The average Bonchev–Trinajstić information content (AvgIpc) is 3.18. The first-order valence-corrected chi connectivity index (χ1v) is 8.81. The lowest BCUT2D eigenvalue weighted by atomic mass is 10.2. The number of nitrogens with one attached hydrogen (secondary N) is 1. The fourth-order valence-corrected chi connectivity index (χ4v) is 2.86. The van der Waals surface area contributed by atoms with E-state index in [0.29, 0.717) is 19.0 Å². The SMILES string of the molecule is CN=C(NCc1cccc([N+](=O)[O-])c1)N(C)Cc1cnn(-c2ccccc2)c1.I. The van der Waals surface area contributed by atoms with Crippen LogP contribution in [-0.2, 0) is 13.1 Å². The molecule has 0 unspecified atom stereocenters. The van der Waals surface area contributed by atoms with E-state index in [1.54, 1.807) is 19.2 Å². The maximum Gasteiger partial charge on any atom is 0.269 e. The molecular weight excluding hydrogens is 483 g/mol. The number of guanidine groups is 1. The van der Waals surface area contributed by atoms with Gasteiger partial charge in [-0.05, 0) is 17.7 Å². The molecular formula is C20H23IN6O2. The van der Waals surface area contributed by atoms with Crippen LogP contribution in [0.2, 0.25) is 0 Å². The Balaban J connectivity index is 0.00000300. The van der Waals surface area contributed by atoms with E-state index in [4.69, 9.17) is 0 Å². The van der Waals surface area contributed by atoms with Crippen molar-refractivity contribution in [2.75, 3.05) is 14.1 Å². The predicted octanol–water partition coefficient (Wildman–Crippen LogP) is 3.61. The number of aromatic nitrogens is 2. The van der Waals surface area contributed by atoms with E-state index in [2.05, 4.69) is 15.4 Å². The zero-order valence-corrected chi connectivity index (χ0v) is 18.6. The summed E-state index contributed by atoms with van der Waals surface area (Å²) in [5.41, 5.74) is 2.95. The minimum absolute atomic E-state index is 0. The summed E-state index contributed by atoms with van der Waals surface area (Å²) in [6.07, 6.45) is 3.82. The molecule has 1 aromatic heterocycles. The third-order valence-electron chi connectivity index (χ3n) is 4.22. The van der Waals surface area contributed by atoms with Gasteiger partial charge in [0, 0.05) is 51.1 Å². The van der Waals surface area contributed by atoms with Gasteiger partial charge >= 0.3 is 0 Å². The van der Waals surface area contributed by atoms with Gasteiger partial charge in [0.05, 0.1) is 16.8 Å². The molecule has 2 aromatic carbocycles. The van der Waals surface area contributed by atoms with Crippen molar-refractivity contribution in [3.8, 4) is 5.69 Å². The number of para-hydroxylation sites is 1. The molecule has 0 bridgehead atoms. The van der Waals surface area contributed by atoms with Gasteiger partial charge in [0.1, 0.15) is 0 Å². The van der Waals surface area contributed by atoms with Crippen LogP contribution in [0.15, 0.2) is 72.0 Å². The van der Waals surface area contributed by atoms with E-state index in [1.807, 2.05) is 65.4 Å². The molecule has 0 atom stereocenters. The van der Waals surface area contributed by atoms with Crippen LogP contribution >= 0.6 is 24.0 Å². The number of benzene rings is 2. The Labute approximate surface area is 186 Å². The van der Waals surface area contributed by atoms with Crippen LogP contribution in [0.5, 0.6) is 0 Å². The Kier molecular flexibility index (Phi) is 8.13. The molecule has 1 heterocycles. The highest BCUT2D eigenvalue weighted by atomic mass is 127. The smallest absolute Gasteiger partial charge is 0.269 e. The monoisotopic (exact) mass is 506 g/mol. The van der Waals surface area contributed by atoms with Crippen LogP contribution in [0.3, 0.4) is 0 Å². The van der Waals surface area contributed by atoms with Crippen LogP contribution in [0.4, 0.5) is 5.69 Å². The summed E-state index contributed by atoms with van der Waals surface area (Å²) in [5.74, 6) is 0.693. The van der Waals surface area contributed by atoms with Gasteiger partial charge in [-0.15, -0.1) is 24.0 Å². The number of aliphatic imine (C=N–C) groups is 1. The predicted molar refractivity (Wildman–Crippen MR) is 124 cm³/mol. The van der Waals surface area contributed by atoms with Crippen LogP contribution in [-0.4, -0.2) is 39.7 Å². The van der Waals surface area contributed by atoms with Gasteiger partial charge in [0.15, 0.2) is 5.96 Å². The second-order valence-corrected chi connectivity index (χ2v) is 6.31. The zero-order valence-electron chi connectivity index (χ0n) is 16.2. The fourth-order valence-electron chi connectivity index (χ4n) is 2.86. The number of non-ortho nitro benzene ring substituents is 1. The molecule has 9 heteroatoms. The normalized spacial score (nSPS) is 10.9. The maximum atomic E-state index is 10.9. The number of rotatable bonds is 6. The minimum Gasteiger partial charge on any atom is -0.352 e. The van der Waals surface area contributed by atoms with Crippen molar-refractivity contribution in [2.24, 2.45) is 4.99 Å². The Morgan fingerprint density at radius 2 is 1.97 bits per heavy atom. The van der Waals surface area contributed by atoms with Gasteiger partial charge in [-0.1, -0.05) is 30.3 Å². The van der Waals surface area contributed by atoms with E-state index in [9.17, 15) is 10.1 Å². The Bertz CT molecular complexity index is 974. The summed E-state index contributed by atoms with van der Waals surface area (Å²) in [6.45, 7) is 1.07. The number of hydrogen-bond donors (Lipinski definition) is 1. The van der Waals surface area contributed by atoms with Crippen LogP contribution in [0.25, 0.3) is 5.69 Å². The maximum absolute atomic E-state index is 10.9. The van der Waals surface area contributed by atoms with Crippen molar-refractivity contribution in [1.82, 2.24) is 20.0 Å². The summed E-state index contributed by atoms with van der Waals surface area (Å²) >= 11 is 0. The molecule has 3 aromatic rings. The molecule has 0 saturated heterocycles. The van der Waals surface area contributed by atoms with Crippen LogP contribution in [0, 0.1) is 10.1 Å². The number of nitrogens with zero attached hydrogens (tertiary/aromatic N) is 5. The largest absolute Gasteiger partial charge is 0.352 e. The summed E-state index contributed by atoms with van der Waals surface area (Å²) in [5, 5.41) is 18.6. The highest BCUT2D eigenvalue weighted by Crippen LogP contribution is 2.13. The van der Waals surface area contributed by atoms with E-state index in [-0.39, 0.29) is 29.7 Å². The number of nitro benzene ring substituents is 1. The van der Waals surface area contributed by atoms with E-state index in [0.717, 1.165) is 16.8 Å². The van der Waals surface area contributed by atoms with Crippen LogP contribution in [0.1, 0.15) is 11.1 Å². The summed E-state index contributed by atoms with van der Waals surface area (Å²) in [6, 6.07) is 16.5. The number of hydrogen-bond acceptors (Lipinski definition) is 4. The number of halogens is 1. The van der Waals surface area contributed by atoms with Crippen molar-refractivity contribution in [1.29, 1.82) is 0 Å². The lowest BCUT2D eigenvalue weighted by Crippen LogP contribution is -2.37. The highest BCUT2D eigenvalue weighted by Gasteiger charge is 2.10. The molecule has 0 aliphatic carbocycles. The Morgan fingerprint density at radius 1 is 1.21 bits per heavy atom. The van der Waals surface area contributed by atoms with E-state index < -0.39 is 4.92 Å². The highest BCUT2D eigenvalue weighted by molar-refractivity contribution is 14.0. The first-order valence-electron chi connectivity index (χ1n) is 8.81. The summed E-state index contributed by atoms with van der Waals surface area (Å²) < 4.78 is 1.84. The average molecular weight is 506 g/mol. The molecule has 1 N–H and O–H groups in total. The van der Waals surface area contributed by atoms with Crippen molar-refractivity contribution in [3.63, 3.8) is 0 Å². The molecule has 8 nitrogen and oxygen atoms in total. The molecule has 3 rings (SSSR count). The molecule has 152 valence electrons. The standard InChI is InChI=1S/C20H22N6O2.HI/c1-21-20(22-12-16-7-6-10-19(11-16)26(27)28)24(2)14-17-13-23-25(15-17)18-8-4-3-5-9-18;/h3-11,13,15H,12,14H2,1-2H3,(H,21,22);1H. The van der Waals surface area contributed by atoms with Crippen molar-refractivity contribution in [2.45, 2.75) is 13.1 Å². The van der Waals surface area contributed by atoms with Gasteiger partial charge in [0.25, 0.3) is 5.69 Å². The topological polar surface area (TPSA) is 88.6 Å². The molecule has 0 saturated carbocycles. The second kappa shape index (κ2) is 10.6. The minimum atomic E-state index is -0.394. The third-order valence-corrected chi connectivity index (χ3v) is 4.22. The van der Waals surface area contributed by atoms with Crippen LogP contribution < -0.4 is 5.32 Å². The zero-order chi connectivity index (χ0) is 19.9. The molecule has 0 aliphatic rings. The van der Waals surface area contributed by atoms with Gasteiger partial charge in [-0.2, -0.15) is 5.10 Å². The second-order valence-electron chi connectivity index (χ2n) is 6.31. The molecule has 0 amide bonds. The van der Waals surface area contributed by atoms with E-state index in [1.165, 1.54) is 6.07 Å². The fraction of sp³-hybridized carbons (Fsp3) is 0.200. The lowest BCUT2D eigenvalue weighted by molar-refractivity contribution is -0.384. The summed E-state index contributed by atoms with van der Waals surface area (Å²) in [4.78, 5) is 16.8. The van der Waals surface area contributed by atoms with E-state index >= 15 is 0 Å². The first-order chi connectivity index (χ1) is 13.6. The quantitative estimate of drug-likeness (QED) is 0.182. The number of nitro groups is 1.